The molecule has 0 saturated carbocycles. The summed E-state index contributed by atoms with van der Waals surface area (Å²) in [6, 6.07) is 7.47. The van der Waals surface area contributed by atoms with E-state index in [-0.39, 0.29) is 21.3 Å². The van der Waals surface area contributed by atoms with Gasteiger partial charge in [-0.2, -0.15) is 0 Å². The Kier molecular flexibility index (Phi) is 3.48. The molecule has 0 saturated heterocycles. The minimum atomic E-state index is -3.87. The summed E-state index contributed by atoms with van der Waals surface area (Å²) in [5, 5.41) is 19.7. The van der Waals surface area contributed by atoms with Gasteiger partial charge in [0.25, 0.3) is 0 Å². The highest BCUT2D eigenvalue weighted by Crippen LogP contribution is 2.35. The molecule has 0 heterocycles. The summed E-state index contributed by atoms with van der Waals surface area (Å²) < 4.78 is 25.2. The van der Waals surface area contributed by atoms with Crippen molar-refractivity contribution in [2.45, 2.75) is 30.6 Å². The van der Waals surface area contributed by atoms with Crippen molar-refractivity contribution in [1.82, 2.24) is 0 Å². The second kappa shape index (κ2) is 4.83. The summed E-state index contributed by atoms with van der Waals surface area (Å²) in [7, 11) is -3.87. The molecule has 4 nitrogen and oxygen atoms in total. The third kappa shape index (κ3) is 2.25. The van der Waals surface area contributed by atoms with E-state index < -0.39 is 9.84 Å². The first-order chi connectivity index (χ1) is 9.25. The van der Waals surface area contributed by atoms with Crippen LogP contribution in [0.5, 0.6) is 11.5 Å². The fourth-order valence-electron chi connectivity index (χ4n) is 1.98. The van der Waals surface area contributed by atoms with Gasteiger partial charge in [0, 0.05) is 0 Å². The van der Waals surface area contributed by atoms with Gasteiger partial charge >= 0.3 is 0 Å². The van der Waals surface area contributed by atoms with Crippen LogP contribution in [0.2, 0.25) is 0 Å². The van der Waals surface area contributed by atoms with Gasteiger partial charge in [-0.25, -0.2) is 8.42 Å². The number of rotatable bonds is 2. The van der Waals surface area contributed by atoms with E-state index in [9.17, 15) is 18.6 Å². The van der Waals surface area contributed by atoms with Crippen molar-refractivity contribution in [3.05, 3.63) is 47.0 Å². The maximum absolute atomic E-state index is 12.6. The van der Waals surface area contributed by atoms with Crippen molar-refractivity contribution in [2.24, 2.45) is 0 Å². The van der Waals surface area contributed by atoms with Crippen LogP contribution < -0.4 is 0 Å². The minimum Gasteiger partial charge on any atom is -0.508 e. The van der Waals surface area contributed by atoms with Gasteiger partial charge < -0.3 is 10.2 Å². The zero-order valence-electron chi connectivity index (χ0n) is 11.5. The first kappa shape index (κ1) is 14.4. The number of hydrogen-bond donors (Lipinski definition) is 2. The van der Waals surface area contributed by atoms with Crippen molar-refractivity contribution < 1.29 is 18.6 Å². The molecule has 0 radical (unpaired) electrons. The SMILES string of the molecule is Cc1ccc(S(=O)(=O)c2c(C)ccc(C)c2O)cc1O. The highest BCUT2D eigenvalue weighted by molar-refractivity contribution is 7.91. The zero-order valence-corrected chi connectivity index (χ0v) is 12.3. The Balaban J connectivity index is 2.73. The molecule has 0 aliphatic rings. The first-order valence-corrected chi connectivity index (χ1v) is 7.57. The standard InChI is InChI=1S/C15H16O4S/c1-9-6-7-12(8-13(9)16)20(18,19)15-11(3)5-4-10(2)14(15)17/h4-8,16-17H,1-3H3. The maximum atomic E-state index is 12.6. The molecular formula is C15H16O4S. The Bertz CT molecular complexity index is 777. The molecule has 0 aliphatic heterocycles. The highest BCUT2D eigenvalue weighted by atomic mass is 32.2. The maximum Gasteiger partial charge on any atom is 0.210 e. The van der Waals surface area contributed by atoms with Gasteiger partial charge in [0.2, 0.25) is 9.84 Å². The van der Waals surface area contributed by atoms with Crippen LogP contribution in [-0.2, 0) is 9.84 Å². The lowest BCUT2D eigenvalue weighted by Crippen LogP contribution is -2.05. The largest absolute Gasteiger partial charge is 0.508 e. The number of phenolic OH excluding ortho intramolecular Hbond substituents is 2. The smallest absolute Gasteiger partial charge is 0.210 e. The number of hydrogen-bond acceptors (Lipinski definition) is 4. The summed E-state index contributed by atoms with van der Waals surface area (Å²) in [5.74, 6) is -0.332. The monoisotopic (exact) mass is 292 g/mol. The normalized spacial score (nSPS) is 11.6. The summed E-state index contributed by atoms with van der Waals surface area (Å²) in [4.78, 5) is -0.148. The first-order valence-electron chi connectivity index (χ1n) is 6.09. The summed E-state index contributed by atoms with van der Waals surface area (Å²) in [5.41, 5.74) is 1.55. The van der Waals surface area contributed by atoms with Gasteiger partial charge in [-0.05, 0) is 49.6 Å². The van der Waals surface area contributed by atoms with Crippen LogP contribution in [0.1, 0.15) is 16.7 Å². The number of sulfone groups is 1. The van der Waals surface area contributed by atoms with Gasteiger partial charge in [-0.1, -0.05) is 18.2 Å². The van der Waals surface area contributed by atoms with Gasteiger partial charge in [-0.15, -0.1) is 0 Å². The van der Waals surface area contributed by atoms with Crippen LogP contribution in [0.25, 0.3) is 0 Å². The van der Waals surface area contributed by atoms with E-state index >= 15 is 0 Å². The lowest BCUT2D eigenvalue weighted by molar-refractivity contribution is 0.453. The summed E-state index contributed by atoms with van der Waals surface area (Å²) in [6.45, 7) is 4.95. The Morgan fingerprint density at radius 1 is 0.850 bits per heavy atom. The van der Waals surface area contributed by atoms with Crippen molar-refractivity contribution in [1.29, 1.82) is 0 Å². The predicted octanol–water partition coefficient (Wildman–Crippen LogP) is 2.86. The molecule has 2 rings (SSSR count). The molecule has 0 atom stereocenters. The molecule has 0 aliphatic carbocycles. The van der Waals surface area contributed by atoms with E-state index in [0.717, 1.165) is 0 Å². The quantitative estimate of drug-likeness (QED) is 0.892. The molecular weight excluding hydrogens is 276 g/mol. The van der Waals surface area contributed by atoms with Crippen LogP contribution in [-0.4, -0.2) is 18.6 Å². The fraction of sp³-hybridized carbons (Fsp3) is 0.200. The van der Waals surface area contributed by atoms with E-state index in [0.29, 0.717) is 16.7 Å². The zero-order chi connectivity index (χ0) is 15.1. The molecule has 20 heavy (non-hydrogen) atoms. The molecule has 0 spiro atoms. The van der Waals surface area contributed by atoms with Crippen LogP contribution in [0.15, 0.2) is 40.1 Å². The Morgan fingerprint density at radius 3 is 2.00 bits per heavy atom. The molecule has 0 fully saturated rings. The average molecular weight is 292 g/mol. The van der Waals surface area contributed by atoms with Gasteiger partial charge in [0.1, 0.15) is 16.4 Å². The van der Waals surface area contributed by atoms with Gasteiger partial charge in [-0.3, -0.25) is 0 Å². The van der Waals surface area contributed by atoms with E-state index in [1.165, 1.54) is 18.2 Å². The fourth-order valence-corrected chi connectivity index (χ4v) is 3.64. The van der Waals surface area contributed by atoms with Crippen LogP contribution >= 0.6 is 0 Å². The highest BCUT2D eigenvalue weighted by Gasteiger charge is 2.25. The molecule has 2 aromatic carbocycles. The molecule has 2 N–H and O–H groups in total. The van der Waals surface area contributed by atoms with E-state index in [2.05, 4.69) is 0 Å². The summed E-state index contributed by atoms with van der Waals surface area (Å²) in [6.07, 6.45) is 0. The topological polar surface area (TPSA) is 74.6 Å². The van der Waals surface area contributed by atoms with Crippen molar-refractivity contribution >= 4 is 9.84 Å². The average Bonchev–Trinajstić information content (AvgIpc) is 2.37. The Hall–Kier alpha value is -2.01. The number of aryl methyl sites for hydroxylation is 3. The Labute approximate surface area is 118 Å². The molecule has 0 bridgehead atoms. The van der Waals surface area contributed by atoms with Gasteiger partial charge in [0.05, 0.1) is 4.90 Å². The van der Waals surface area contributed by atoms with Crippen LogP contribution in [0, 0.1) is 20.8 Å². The molecule has 0 aromatic heterocycles. The Morgan fingerprint density at radius 2 is 1.40 bits per heavy atom. The number of phenols is 2. The van der Waals surface area contributed by atoms with Crippen molar-refractivity contribution in [2.75, 3.05) is 0 Å². The number of benzene rings is 2. The van der Waals surface area contributed by atoms with Crippen LogP contribution in [0.4, 0.5) is 0 Å². The lowest BCUT2D eigenvalue weighted by atomic mass is 10.1. The second-order valence-electron chi connectivity index (χ2n) is 4.83. The van der Waals surface area contributed by atoms with E-state index in [1.807, 2.05) is 0 Å². The molecule has 106 valence electrons. The molecule has 0 amide bonds. The molecule has 2 aromatic rings. The van der Waals surface area contributed by atoms with Crippen LogP contribution in [0.3, 0.4) is 0 Å². The summed E-state index contributed by atoms with van der Waals surface area (Å²) >= 11 is 0. The minimum absolute atomic E-state index is 0.0374. The third-order valence-corrected chi connectivity index (χ3v) is 5.22. The predicted molar refractivity (Wildman–Crippen MR) is 75.9 cm³/mol. The van der Waals surface area contributed by atoms with Gasteiger partial charge in [0.15, 0.2) is 0 Å². The van der Waals surface area contributed by atoms with Crippen molar-refractivity contribution in [3.8, 4) is 11.5 Å². The molecule has 0 unspecified atom stereocenters. The second-order valence-corrected chi connectivity index (χ2v) is 6.72. The van der Waals surface area contributed by atoms with Crippen molar-refractivity contribution in [3.63, 3.8) is 0 Å². The molecule has 5 heteroatoms. The lowest BCUT2D eigenvalue weighted by Gasteiger charge is -2.12. The van der Waals surface area contributed by atoms with E-state index in [4.69, 9.17) is 0 Å². The number of aromatic hydroxyl groups is 2. The van der Waals surface area contributed by atoms with E-state index in [1.54, 1.807) is 32.9 Å². The third-order valence-electron chi connectivity index (χ3n) is 3.29.